The Kier molecular flexibility index (Phi) is 11.8. The third kappa shape index (κ3) is 8.75. The molecular formula is C37H47Cl2N11O6S. The highest BCUT2D eigenvalue weighted by molar-refractivity contribution is 7.85. The van der Waals surface area contributed by atoms with E-state index in [1.165, 1.54) is 0 Å². The maximum Gasteiger partial charge on any atom is 0.264 e. The number of halogens is 2. The van der Waals surface area contributed by atoms with E-state index in [0.717, 1.165) is 69.3 Å². The van der Waals surface area contributed by atoms with Crippen molar-refractivity contribution in [2.24, 2.45) is 0 Å². The summed E-state index contributed by atoms with van der Waals surface area (Å²) < 4.78 is 47.1. The van der Waals surface area contributed by atoms with Crippen LogP contribution in [-0.4, -0.2) is 115 Å². The number of nitrogens with two attached hydrogens (primary N) is 2. The molecular weight excluding hydrogens is 797 g/mol. The monoisotopic (exact) mass is 843 g/mol. The molecule has 4 aromatic rings. The average molecular weight is 845 g/mol. The minimum absolute atomic E-state index is 0.0128. The van der Waals surface area contributed by atoms with Crippen LogP contribution in [0.5, 0.6) is 11.5 Å². The fraction of sp³-hybridized carbons (Fsp3) is 0.514. The van der Waals surface area contributed by atoms with E-state index in [0.29, 0.717) is 69.0 Å². The van der Waals surface area contributed by atoms with E-state index in [4.69, 9.17) is 63.0 Å². The smallest absolute Gasteiger partial charge is 0.264 e. The van der Waals surface area contributed by atoms with Crippen molar-refractivity contribution in [2.45, 2.75) is 58.7 Å². The molecule has 3 aliphatic heterocycles. The molecule has 0 amide bonds. The van der Waals surface area contributed by atoms with E-state index in [1.54, 1.807) is 13.3 Å². The standard InChI is InChI=1S/C37H47Cl2N11O6S/c1-19-9-42-26(21(3)30(19)53-5)15-49-12-23(28-32(38)44-36(40)46-34(28)49)11-48-7-8-54-25(14-48)18-55-31-20(2)10-43-27(22(31)4)16-50-13-24(17-56-57(6,51)52)29-33(39)45-37(41)47-35(29)50/h9-10,23-25H,7-8,11-18H2,1-6H3,(H2,40,44,46)(H2,41,45,47). The minimum Gasteiger partial charge on any atom is -0.496 e. The number of hydrogen-bond donors (Lipinski definition) is 2. The average Bonchev–Trinajstić information content (AvgIpc) is 3.66. The summed E-state index contributed by atoms with van der Waals surface area (Å²) in [6.45, 7) is 12.7. The molecule has 20 heteroatoms. The van der Waals surface area contributed by atoms with Gasteiger partial charge in [0, 0.05) is 90.3 Å². The van der Waals surface area contributed by atoms with Crippen LogP contribution in [0.25, 0.3) is 0 Å². The molecule has 306 valence electrons. The van der Waals surface area contributed by atoms with Gasteiger partial charge in [-0.15, -0.1) is 0 Å². The van der Waals surface area contributed by atoms with Crippen molar-refractivity contribution in [3.8, 4) is 11.5 Å². The fourth-order valence-electron chi connectivity index (χ4n) is 8.00. The SMILES string of the molecule is COc1c(C)cnc(CN2CC(CN3CCOC(COc4c(C)cnc(CN5CC(COS(C)(=O)=O)c6c(Cl)nc(N)nc65)c4C)C3)c3c(Cl)nc(N)nc32)c1C. The van der Waals surface area contributed by atoms with Gasteiger partial charge in [0.1, 0.15) is 46.2 Å². The van der Waals surface area contributed by atoms with Gasteiger partial charge in [-0.1, -0.05) is 23.2 Å². The van der Waals surface area contributed by atoms with Crippen molar-refractivity contribution in [2.75, 3.05) is 87.2 Å². The molecule has 7 heterocycles. The number of morpholine rings is 1. The molecule has 4 aromatic heterocycles. The number of aromatic nitrogens is 6. The molecule has 4 N–H and O–H groups in total. The molecule has 0 spiro atoms. The lowest BCUT2D eigenvalue weighted by Gasteiger charge is -2.34. The zero-order valence-corrected chi connectivity index (χ0v) is 35.1. The number of methoxy groups -OCH3 is 1. The summed E-state index contributed by atoms with van der Waals surface area (Å²) in [4.78, 5) is 33.4. The summed E-state index contributed by atoms with van der Waals surface area (Å²) in [6, 6.07) is 0. The van der Waals surface area contributed by atoms with Crippen molar-refractivity contribution in [1.82, 2.24) is 34.8 Å². The number of ether oxygens (including phenoxy) is 3. The van der Waals surface area contributed by atoms with Crippen LogP contribution in [0.4, 0.5) is 23.5 Å². The van der Waals surface area contributed by atoms with E-state index in [9.17, 15) is 8.42 Å². The maximum atomic E-state index is 11.8. The molecule has 57 heavy (non-hydrogen) atoms. The van der Waals surface area contributed by atoms with Crippen molar-refractivity contribution in [3.63, 3.8) is 0 Å². The number of hydrogen-bond acceptors (Lipinski definition) is 17. The zero-order valence-electron chi connectivity index (χ0n) is 32.8. The van der Waals surface area contributed by atoms with Crippen LogP contribution in [0.3, 0.4) is 0 Å². The molecule has 7 rings (SSSR count). The lowest BCUT2D eigenvalue weighted by Crippen LogP contribution is -2.46. The van der Waals surface area contributed by atoms with E-state index < -0.39 is 16.0 Å². The molecule has 0 aliphatic carbocycles. The molecule has 0 aromatic carbocycles. The Hall–Kier alpha value is -4.33. The zero-order chi connectivity index (χ0) is 40.8. The normalized spacial score (nSPS) is 19.5. The molecule has 1 saturated heterocycles. The van der Waals surface area contributed by atoms with Crippen LogP contribution in [0.1, 0.15) is 56.6 Å². The van der Waals surface area contributed by atoms with Crippen molar-refractivity contribution in [3.05, 3.63) is 67.5 Å². The van der Waals surface area contributed by atoms with Gasteiger partial charge in [-0.25, -0.2) is 9.97 Å². The minimum atomic E-state index is -3.68. The molecule has 3 atom stereocenters. The molecule has 0 bridgehead atoms. The Bertz CT molecular complexity index is 2290. The Morgan fingerprint density at radius 3 is 1.93 bits per heavy atom. The summed E-state index contributed by atoms with van der Waals surface area (Å²) in [6.07, 6.45) is 4.42. The highest BCUT2D eigenvalue weighted by Crippen LogP contribution is 2.42. The number of nitrogens with zero attached hydrogens (tertiary/aromatic N) is 9. The third-order valence-electron chi connectivity index (χ3n) is 10.7. The summed E-state index contributed by atoms with van der Waals surface area (Å²) >= 11 is 13.3. The predicted octanol–water partition coefficient (Wildman–Crippen LogP) is 3.73. The summed E-state index contributed by atoms with van der Waals surface area (Å²) in [7, 11) is -2.01. The molecule has 3 aliphatic rings. The topological polar surface area (TPSA) is 210 Å². The fourth-order valence-corrected chi connectivity index (χ4v) is 9.06. The van der Waals surface area contributed by atoms with Gasteiger partial charge in [-0.2, -0.15) is 18.4 Å². The molecule has 1 fully saturated rings. The van der Waals surface area contributed by atoms with Gasteiger partial charge in [0.05, 0.1) is 51.1 Å². The number of rotatable bonds is 13. The first-order chi connectivity index (χ1) is 27.1. The summed E-state index contributed by atoms with van der Waals surface area (Å²) in [5.74, 6) is 2.55. The highest BCUT2D eigenvalue weighted by atomic mass is 35.5. The molecule has 0 radical (unpaired) electrons. The van der Waals surface area contributed by atoms with Crippen LogP contribution in [-0.2, 0) is 32.1 Å². The van der Waals surface area contributed by atoms with E-state index >= 15 is 0 Å². The van der Waals surface area contributed by atoms with Gasteiger partial charge >= 0.3 is 0 Å². The van der Waals surface area contributed by atoms with Crippen molar-refractivity contribution >= 4 is 56.9 Å². The molecule has 0 saturated carbocycles. The van der Waals surface area contributed by atoms with E-state index in [2.05, 4.69) is 29.7 Å². The third-order valence-corrected chi connectivity index (χ3v) is 11.8. The number of fused-ring (bicyclic) bond motifs is 2. The number of pyridine rings is 2. The van der Waals surface area contributed by atoms with Crippen LogP contribution >= 0.6 is 23.2 Å². The Balaban J connectivity index is 1.02. The molecule has 3 unspecified atom stereocenters. The van der Waals surface area contributed by atoms with Gasteiger partial charge in [0.2, 0.25) is 11.9 Å². The summed E-state index contributed by atoms with van der Waals surface area (Å²) in [5.41, 5.74) is 18.9. The second-order valence-corrected chi connectivity index (χ2v) is 17.2. The number of nitrogen functional groups attached to an aromatic ring is 2. The largest absolute Gasteiger partial charge is 0.496 e. The van der Waals surface area contributed by atoms with Gasteiger partial charge in [-0.3, -0.25) is 19.1 Å². The maximum absolute atomic E-state index is 11.8. The lowest BCUT2D eigenvalue weighted by molar-refractivity contribution is -0.0492. The van der Waals surface area contributed by atoms with Crippen LogP contribution in [0, 0.1) is 27.7 Å². The van der Waals surface area contributed by atoms with Crippen LogP contribution in [0.15, 0.2) is 12.4 Å². The lowest BCUT2D eigenvalue weighted by atomic mass is 10.0. The van der Waals surface area contributed by atoms with Crippen molar-refractivity contribution in [1.29, 1.82) is 0 Å². The van der Waals surface area contributed by atoms with Gasteiger partial charge in [0.25, 0.3) is 10.1 Å². The number of anilines is 4. The van der Waals surface area contributed by atoms with Crippen molar-refractivity contribution < 1.29 is 26.8 Å². The second kappa shape index (κ2) is 16.5. The Labute approximate surface area is 342 Å². The first-order valence-electron chi connectivity index (χ1n) is 18.5. The molecule has 17 nitrogen and oxygen atoms in total. The second-order valence-electron chi connectivity index (χ2n) is 14.8. The quantitative estimate of drug-likeness (QED) is 0.145. The predicted molar refractivity (Wildman–Crippen MR) is 217 cm³/mol. The first kappa shape index (κ1) is 40.9. The number of aryl methyl sites for hydroxylation is 2. The van der Waals surface area contributed by atoms with Crippen LogP contribution < -0.4 is 30.7 Å². The van der Waals surface area contributed by atoms with Gasteiger partial charge in [0.15, 0.2) is 0 Å². The van der Waals surface area contributed by atoms with E-state index in [1.807, 2.05) is 38.8 Å². The van der Waals surface area contributed by atoms with E-state index in [-0.39, 0.29) is 35.7 Å². The summed E-state index contributed by atoms with van der Waals surface area (Å²) in [5, 5.41) is 0.519. The Morgan fingerprint density at radius 2 is 1.35 bits per heavy atom. The van der Waals surface area contributed by atoms with Gasteiger partial charge in [-0.05, 0) is 27.7 Å². The van der Waals surface area contributed by atoms with Gasteiger partial charge < -0.3 is 35.5 Å². The Morgan fingerprint density at radius 1 is 0.807 bits per heavy atom. The first-order valence-corrected chi connectivity index (χ1v) is 21.1. The van der Waals surface area contributed by atoms with Crippen LogP contribution in [0.2, 0.25) is 10.3 Å². The highest BCUT2D eigenvalue weighted by Gasteiger charge is 2.37.